The average molecular weight is 1970 g/mol. The predicted octanol–water partition coefficient (Wildman–Crippen LogP) is 22.3. The molecule has 4 unspecified atom stereocenters. The van der Waals surface area contributed by atoms with Crippen molar-refractivity contribution in [2.24, 2.45) is 10.8 Å². The smallest absolute Gasteiger partial charge is 0.342 e. The highest BCUT2D eigenvalue weighted by atomic mass is 127. The number of benzene rings is 6. The Bertz CT molecular complexity index is 4020. The van der Waals surface area contributed by atoms with E-state index in [4.69, 9.17) is 47.6 Å². The summed E-state index contributed by atoms with van der Waals surface area (Å²) in [6, 6.07) is 37.1. The Morgan fingerprint density at radius 3 is 1.37 bits per heavy atom. The highest BCUT2D eigenvalue weighted by molar-refractivity contribution is 14.1. The predicted molar refractivity (Wildman–Crippen MR) is 446 cm³/mol. The van der Waals surface area contributed by atoms with Crippen molar-refractivity contribution >= 4 is 142 Å². The van der Waals surface area contributed by atoms with Crippen molar-refractivity contribution in [3.8, 4) is 34.5 Å². The largest absolute Gasteiger partial charge is 0.507 e. The molecule has 103 heavy (non-hydrogen) atoms. The number of esters is 3. The van der Waals surface area contributed by atoms with Gasteiger partial charge in [0.05, 0.1) is 43.7 Å². The normalized spacial score (nSPS) is 15.6. The van der Waals surface area contributed by atoms with Gasteiger partial charge in [0.2, 0.25) is 0 Å². The van der Waals surface area contributed by atoms with Crippen LogP contribution in [0.15, 0.2) is 121 Å². The van der Waals surface area contributed by atoms with Crippen molar-refractivity contribution in [2.45, 2.75) is 212 Å². The minimum absolute atomic E-state index is 0.0100. The van der Waals surface area contributed by atoms with E-state index in [-0.39, 0.29) is 110 Å². The van der Waals surface area contributed by atoms with E-state index in [9.17, 15) is 24.6 Å². The lowest BCUT2D eigenvalue weighted by Gasteiger charge is -2.35. The van der Waals surface area contributed by atoms with Crippen molar-refractivity contribution in [2.75, 3.05) is 40.0 Å². The number of carbonyl (C=O) groups is 3. The van der Waals surface area contributed by atoms with Crippen molar-refractivity contribution in [1.29, 1.82) is 0 Å². The number of halogens is 5. The number of carbonyl (C=O) groups excluding carboxylic acids is 3. The van der Waals surface area contributed by atoms with Crippen molar-refractivity contribution < 1.29 is 67.2 Å². The maximum absolute atomic E-state index is 14.7. The van der Waals surface area contributed by atoms with Gasteiger partial charge in [-0.15, -0.1) is 0 Å². The lowest BCUT2D eigenvalue weighted by atomic mass is 9.74. The Morgan fingerprint density at radius 2 is 0.932 bits per heavy atom. The van der Waals surface area contributed by atoms with Crippen LogP contribution in [-0.4, -0.2) is 84.3 Å². The first-order chi connectivity index (χ1) is 49.1. The first-order valence-corrected chi connectivity index (χ1v) is 41.6. The quantitative estimate of drug-likeness (QED) is 0.0123. The summed E-state index contributed by atoms with van der Waals surface area (Å²) in [5.74, 6) is 1.89. The van der Waals surface area contributed by atoms with Crippen LogP contribution in [0.3, 0.4) is 0 Å². The summed E-state index contributed by atoms with van der Waals surface area (Å²) in [6.07, 6.45) is 15.8. The van der Waals surface area contributed by atoms with Crippen molar-refractivity contribution in [3.63, 3.8) is 0 Å². The van der Waals surface area contributed by atoms with Gasteiger partial charge in [0, 0.05) is 15.8 Å². The molecule has 6 aromatic carbocycles. The van der Waals surface area contributed by atoms with Crippen LogP contribution in [0.2, 0.25) is 0 Å². The van der Waals surface area contributed by atoms with Gasteiger partial charge in [0.15, 0.2) is 13.6 Å². The molecule has 2 aliphatic rings. The minimum atomic E-state index is -1.01. The fourth-order valence-electron chi connectivity index (χ4n) is 14.5. The molecule has 2 fully saturated rings. The SMILES string of the molecule is CCC(CC(CC(C)(C)C(=O)OC1(CC)CCCC1)c1ccc(O)c(I)c1)c1ccc(OCOCCOc2cc(C(=O)OC(C)(C)c3ccccc3)c(OCCOCOc3ccc(C(CC)CC(CC(C)(C)C(=O)OC4(CC)CCCC4)c4ccc(O)c(I)c4)cc3I)c3c(I)ccnc23)c(I)c1. The number of nitrogens with zero attached hydrogens (tertiary/aromatic N) is 1. The maximum atomic E-state index is 14.7. The molecule has 20 heteroatoms. The monoisotopic (exact) mass is 1970 g/mol. The molecule has 1 heterocycles. The van der Waals surface area contributed by atoms with Crippen molar-refractivity contribution in [1.82, 2.24) is 4.98 Å². The molecule has 556 valence electrons. The average Bonchev–Trinajstić information content (AvgIpc) is 1.74. The van der Waals surface area contributed by atoms with Crippen LogP contribution in [-0.2, 0) is 38.9 Å². The Hall–Kier alpha value is -4.49. The second-order valence-electron chi connectivity index (χ2n) is 29.4. The van der Waals surface area contributed by atoms with Crippen LogP contribution < -0.4 is 18.9 Å². The van der Waals surface area contributed by atoms with E-state index < -0.39 is 22.4 Å². The highest BCUT2D eigenvalue weighted by Gasteiger charge is 2.44. The zero-order valence-electron chi connectivity index (χ0n) is 61.0. The summed E-state index contributed by atoms with van der Waals surface area (Å²) in [5.41, 5.74) is 2.72. The van der Waals surface area contributed by atoms with Gasteiger partial charge >= 0.3 is 17.9 Å². The van der Waals surface area contributed by atoms with Gasteiger partial charge < -0.3 is 52.8 Å². The molecule has 0 aliphatic heterocycles. The van der Waals surface area contributed by atoms with E-state index in [1.54, 1.807) is 24.4 Å². The van der Waals surface area contributed by atoms with E-state index in [1.165, 1.54) is 5.56 Å². The van der Waals surface area contributed by atoms with Crippen LogP contribution in [0.5, 0.6) is 34.5 Å². The topological polar surface area (TPSA) is 188 Å². The van der Waals surface area contributed by atoms with Crippen molar-refractivity contribution in [3.05, 3.63) is 173 Å². The summed E-state index contributed by atoms with van der Waals surface area (Å²) in [5, 5.41) is 21.6. The van der Waals surface area contributed by atoms with E-state index in [0.717, 1.165) is 130 Å². The second-order valence-corrected chi connectivity index (χ2v) is 35.2. The molecule has 0 spiro atoms. The van der Waals surface area contributed by atoms with E-state index in [2.05, 4.69) is 165 Å². The molecule has 0 bridgehead atoms. The molecule has 0 saturated heterocycles. The van der Waals surface area contributed by atoms with Crippen LogP contribution in [0.4, 0.5) is 0 Å². The van der Waals surface area contributed by atoms with Gasteiger partial charge in [0.25, 0.3) is 0 Å². The van der Waals surface area contributed by atoms with Gasteiger partial charge in [-0.25, -0.2) is 4.79 Å². The molecule has 2 N–H and O–H groups in total. The number of aromatic nitrogens is 1. The van der Waals surface area contributed by atoms with Gasteiger partial charge in [-0.1, -0.05) is 82.3 Å². The third-order valence-corrected chi connectivity index (χ3v) is 25.2. The van der Waals surface area contributed by atoms with Gasteiger partial charge in [0.1, 0.15) is 75.6 Å². The second kappa shape index (κ2) is 37.6. The number of phenols is 2. The van der Waals surface area contributed by atoms with E-state index in [1.807, 2.05) is 114 Å². The zero-order chi connectivity index (χ0) is 74.3. The third kappa shape index (κ3) is 21.7. The highest BCUT2D eigenvalue weighted by Crippen LogP contribution is 2.48. The van der Waals surface area contributed by atoms with Crippen LogP contribution in [0.1, 0.15) is 234 Å². The Labute approximate surface area is 677 Å². The number of aromatic hydroxyl groups is 2. The first kappa shape index (κ1) is 82.6. The van der Waals surface area contributed by atoms with Gasteiger partial charge in [-0.05, 0) is 363 Å². The van der Waals surface area contributed by atoms with Crippen LogP contribution >= 0.6 is 113 Å². The molecule has 15 nitrogen and oxygen atoms in total. The molecule has 2 saturated carbocycles. The Morgan fingerprint density at radius 1 is 0.495 bits per heavy atom. The lowest BCUT2D eigenvalue weighted by molar-refractivity contribution is -0.172. The maximum Gasteiger partial charge on any atom is 0.342 e. The fourth-order valence-corrected chi connectivity index (χ4v) is 17.6. The fraction of sp³-hybridized carbons (Fsp3) is 0.494. The van der Waals surface area contributed by atoms with E-state index in [0.29, 0.717) is 41.0 Å². The molecular weight excluding hydrogens is 1870 g/mol. The molecule has 1 aromatic heterocycles. The third-order valence-electron chi connectivity index (χ3n) is 20.9. The molecule has 2 aliphatic carbocycles. The summed E-state index contributed by atoms with van der Waals surface area (Å²) in [4.78, 5) is 47.5. The Kier molecular flexibility index (Phi) is 30.1. The summed E-state index contributed by atoms with van der Waals surface area (Å²) in [6.45, 7) is 20.7. The molecule has 4 atom stereocenters. The number of rotatable bonds is 37. The summed E-state index contributed by atoms with van der Waals surface area (Å²) in [7, 11) is 0. The van der Waals surface area contributed by atoms with Crippen LogP contribution in [0, 0.1) is 28.7 Å². The molecule has 0 amide bonds. The number of fused-ring (bicyclic) bond motifs is 1. The molecule has 0 radical (unpaired) electrons. The van der Waals surface area contributed by atoms with E-state index >= 15 is 0 Å². The number of hydrogen-bond acceptors (Lipinski definition) is 15. The lowest BCUT2D eigenvalue weighted by Crippen LogP contribution is -2.38. The number of phenolic OH excluding ortho intramolecular Hbond substituents is 2. The Balaban J connectivity index is 0.824. The summed E-state index contributed by atoms with van der Waals surface area (Å²) >= 11 is 11.2. The first-order valence-electron chi connectivity index (χ1n) is 36.2. The van der Waals surface area contributed by atoms with Gasteiger partial charge in [-0.2, -0.15) is 0 Å². The summed E-state index contributed by atoms with van der Waals surface area (Å²) < 4.78 is 60.8. The minimum Gasteiger partial charge on any atom is -0.507 e. The molecular formula is C83H100I5NO14. The van der Waals surface area contributed by atoms with Crippen LogP contribution in [0.25, 0.3) is 10.9 Å². The number of pyridine rings is 1. The molecule has 9 rings (SSSR count). The molecule has 7 aromatic rings. The zero-order valence-corrected chi connectivity index (χ0v) is 71.8. The number of ether oxygens (including phenoxy) is 9. The standard InChI is InChI=1S/C83H100I5NO14/c1-11-53(42-59(57-24-28-68(90)64(85)44-57)49-79(5,6)77(93)102-82(13-3)33-18-19-34-82)55-26-30-70(66(87)46-55)99-51-95-38-40-97-72-48-62(76(92)101-81(9,10)61-22-16-15-17-23-61)75(73-63(84)32-37-89-74(72)73)98-41-39-96-52-100-71-31-27-56(47-67(71)88)54(12-2)43-60(58-25-29-69(91)65(86)45-58)50-80(7,8)78(94)103-83(14-4)35-20-21-36-83/h15-17,22-32,37,44-48,53-54,59-60,90-91H,11-14,18-21,33-36,38-43,49-52H2,1-10H3. The number of hydrogen-bond donors (Lipinski definition) is 2. The van der Waals surface area contributed by atoms with Gasteiger partial charge in [-0.3, -0.25) is 14.6 Å².